The molecule has 11 nitrogen and oxygen atoms in total. The smallest absolute Gasteiger partial charge is 0.266 e. The summed E-state index contributed by atoms with van der Waals surface area (Å²) in [5.41, 5.74) is 0.0405. The Balaban J connectivity index is 1.62. The number of likely N-dealkylation sites (N-methyl/N-ethyl adjacent to an activating group) is 1. The molecule has 33 heavy (non-hydrogen) atoms. The summed E-state index contributed by atoms with van der Waals surface area (Å²) in [5, 5.41) is 4.77. The van der Waals surface area contributed by atoms with Gasteiger partial charge in [0.2, 0.25) is 17.7 Å². The molecule has 6 amide bonds. The summed E-state index contributed by atoms with van der Waals surface area (Å²) in [6.45, 7) is 3.73. The molecule has 1 fully saturated rings. The van der Waals surface area contributed by atoms with Gasteiger partial charge in [0.05, 0.1) is 11.1 Å². The zero-order chi connectivity index (χ0) is 24.3. The SMILES string of the molecule is CC(C)C(=O)N(C)CCNC(=O)COc1cccc2c1C(=O)N(C1CCC(=O)NC1=O)C2=O. The Morgan fingerprint density at radius 1 is 1.21 bits per heavy atom. The topological polar surface area (TPSA) is 142 Å². The number of carbonyl (C=O) groups excluding carboxylic acids is 6. The highest BCUT2D eigenvalue weighted by Crippen LogP contribution is 2.33. The summed E-state index contributed by atoms with van der Waals surface area (Å²) < 4.78 is 5.51. The van der Waals surface area contributed by atoms with Crippen LogP contribution in [0, 0.1) is 5.92 Å². The first-order valence-electron chi connectivity index (χ1n) is 10.6. The van der Waals surface area contributed by atoms with E-state index in [1.807, 2.05) is 0 Å². The van der Waals surface area contributed by atoms with Gasteiger partial charge in [-0.25, -0.2) is 0 Å². The van der Waals surface area contributed by atoms with Crippen molar-refractivity contribution in [3.63, 3.8) is 0 Å². The molecule has 176 valence electrons. The van der Waals surface area contributed by atoms with E-state index in [1.165, 1.54) is 23.1 Å². The Labute approximate surface area is 190 Å². The number of nitrogens with zero attached hydrogens (tertiary/aromatic N) is 2. The summed E-state index contributed by atoms with van der Waals surface area (Å²) >= 11 is 0. The number of hydrogen-bond acceptors (Lipinski definition) is 7. The average Bonchev–Trinajstić information content (AvgIpc) is 3.02. The lowest BCUT2D eigenvalue weighted by Crippen LogP contribution is -2.54. The van der Waals surface area contributed by atoms with Crippen molar-refractivity contribution in [2.45, 2.75) is 32.7 Å². The molecule has 11 heteroatoms. The van der Waals surface area contributed by atoms with E-state index in [0.29, 0.717) is 6.54 Å². The highest BCUT2D eigenvalue weighted by molar-refractivity contribution is 6.24. The number of piperidine rings is 1. The van der Waals surface area contributed by atoms with Gasteiger partial charge in [0.15, 0.2) is 6.61 Å². The van der Waals surface area contributed by atoms with Gasteiger partial charge in [-0.1, -0.05) is 19.9 Å². The normalized spacial score (nSPS) is 17.7. The van der Waals surface area contributed by atoms with Crippen LogP contribution < -0.4 is 15.4 Å². The Morgan fingerprint density at radius 3 is 2.61 bits per heavy atom. The van der Waals surface area contributed by atoms with Gasteiger partial charge in [-0.2, -0.15) is 0 Å². The van der Waals surface area contributed by atoms with E-state index in [4.69, 9.17) is 4.74 Å². The Bertz CT molecular complexity index is 1020. The van der Waals surface area contributed by atoms with Crippen molar-refractivity contribution in [2.75, 3.05) is 26.7 Å². The number of rotatable bonds is 8. The molecule has 2 N–H and O–H groups in total. The molecule has 0 radical (unpaired) electrons. The molecule has 2 aliphatic rings. The maximum atomic E-state index is 13.0. The van der Waals surface area contributed by atoms with Gasteiger partial charge in [0.1, 0.15) is 11.8 Å². The van der Waals surface area contributed by atoms with E-state index < -0.39 is 42.2 Å². The minimum Gasteiger partial charge on any atom is -0.483 e. The van der Waals surface area contributed by atoms with Gasteiger partial charge in [-0.15, -0.1) is 0 Å². The van der Waals surface area contributed by atoms with Crippen LogP contribution >= 0.6 is 0 Å². The van der Waals surface area contributed by atoms with Crippen LogP contribution in [0.4, 0.5) is 0 Å². The summed E-state index contributed by atoms with van der Waals surface area (Å²) in [6, 6.07) is 3.32. The van der Waals surface area contributed by atoms with Crippen molar-refractivity contribution in [2.24, 2.45) is 5.92 Å². The molecule has 1 unspecified atom stereocenters. The van der Waals surface area contributed by atoms with Gasteiger partial charge in [-0.3, -0.25) is 39.0 Å². The Hall–Kier alpha value is -3.76. The van der Waals surface area contributed by atoms with Crippen LogP contribution in [0.25, 0.3) is 0 Å². The van der Waals surface area contributed by atoms with E-state index >= 15 is 0 Å². The molecule has 2 aliphatic heterocycles. The lowest BCUT2D eigenvalue weighted by Gasteiger charge is -2.27. The van der Waals surface area contributed by atoms with Crippen LogP contribution in [0.1, 0.15) is 47.4 Å². The average molecular weight is 458 g/mol. The van der Waals surface area contributed by atoms with Crippen molar-refractivity contribution < 1.29 is 33.5 Å². The van der Waals surface area contributed by atoms with E-state index in [-0.39, 0.29) is 48.1 Å². The van der Waals surface area contributed by atoms with Crippen LogP contribution in [0.15, 0.2) is 18.2 Å². The summed E-state index contributed by atoms with van der Waals surface area (Å²) in [5.74, 6) is -3.13. The number of amides is 6. The van der Waals surface area contributed by atoms with E-state index in [2.05, 4.69) is 10.6 Å². The molecule has 1 atom stereocenters. The second-order valence-corrected chi connectivity index (χ2v) is 8.18. The minimum atomic E-state index is -1.09. The van der Waals surface area contributed by atoms with Crippen LogP contribution in [-0.2, 0) is 19.2 Å². The molecule has 3 rings (SSSR count). The third-order valence-electron chi connectivity index (χ3n) is 5.43. The number of ether oxygens (including phenoxy) is 1. The fourth-order valence-corrected chi connectivity index (χ4v) is 3.71. The highest BCUT2D eigenvalue weighted by Gasteiger charge is 2.46. The van der Waals surface area contributed by atoms with E-state index in [9.17, 15) is 28.8 Å². The number of nitrogens with one attached hydrogen (secondary N) is 2. The summed E-state index contributed by atoms with van der Waals surface area (Å²) in [7, 11) is 1.65. The number of carbonyl (C=O) groups is 6. The first kappa shape index (κ1) is 23.9. The van der Waals surface area contributed by atoms with Gasteiger partial charge in [-0.05, 0) is 18.6 Å². The zero-order valence-corrected chi connectivity index (χ0v) is 18.7. The number of fused-ring (bicyclic) bond motifs is 1. The zero-order valence-electron chi connectivity index (χ0n) is 18.7. The largest absolute Gasteiger partial charge is 0.483 e. The van der Waals surface area contributed by atoms with Gasteiger partial charge >= 0.3 is 0 Å². The molecule has 1 aromatic rings. The van der Waals surface area contributed by atoms with Crippen molar-refractivity contribution >= 4 is 35.4 Å². The quantitative estimate of drug-likeness (QED) is 0.509. The second kappa shape index (κ2) is 9.80. The van der Waals surface area contributed by atoms with Gasteiger partial charge in [0, 0.05) is 32.5 Å². The van der Waals surface area contributed by atoms with Gasteiger partial charge < -0.3 is 15.0 Å². The number of hydrogen-bond donors (Lipinski definition) is 2. The number of imide groups is 2. The molecular weight excluding hydrogens is 432 g/mol. The van der Waals surface area contributed by atoms with Crippen molar-refractivity contribution in [3.05, 3.63) is 29.3 Å². The van der Waals surface area contributed by atoms with Crippen LogP contribution in [0.3, 0.4) is 0 Å². The van der Waals surface area contributed by atoms with Crippen molar-refractivity contribution in [1.82, 2.24) is 20.4 Å². The number of benzene rings is 1. The molecule has 2 heterocycles. The summed E-state index contributed by atoms with van der Waals surface area (Å²) in [6.07, 6.45) is 0.0633. The Kier molecular flexibility index (Phi) is 7.10. The monoisotopic (exact) mass is 458 g/mol. The third kappa shape index (κ3) is 5.02. The van der Waals surface area contributed by atoms with Crippen LogP contribution in [0.5, 0.6) is 5.75 Å². The predicted octanol–water partition coefficient (Wildman–Crippen LogP) is -0.303. The van der Waals surface area contributed by atoms with Crippen molar-refractivity contribution in [1.29, 1.82) is 0 Å². The van der Waals surface area contributed by atoms with Crippen LogP contribution in [0.2, 0.25) is 0 Å². The maximum Gasteiger partial charge on any atom is 0.266 e. The van der Waals surface area contributed by atoms with Gasteiger partial charge in [0.25, 0.3) is 17.7 Å². The molecule has 0 aromatic heterocycles. The van der Waals surface area contributed by atoms with E-state index in [0.717, 1.165) is 4.90 Å². The molecule has 0 spiro atoms. The first-order valence-corrected chi connectivity index (χ1v) is 10.6. The molecule has 1 saturated heterocycles. The fourth-order valence-electron chi connectivity index (χ4n) is 3.71. The fraction of sp³-hybridized carbons (Fsp3) is 0.455. The lowest BCUT2D eigenvalue weighted by molar-refractivity contribution is -0.136. The van der Waals surface area contributed by atoms with E-state index in [1.54, 1.807) is 20.9 Å². The Morgan fingerprint density at radius 2 is 1.94 bits per heavy atom. The van der Waals surface area contributed by atoms with Crippen LogP contribution in [-0.4, -0.2) is 78.0 Å². The summed E-state index contributed by atoms with van der Waals surface area (Å²) in [4.78, 5) is 75.7. The molecule has 0 saturated carbocycles. The molecule has 1 aromatic carbocycles. The second-order valence-electron chi connectivity index (χ2n) is 8.18. The molecular formula is C22H26N4O7. The lowest BCUT2D eigenvalue weighted by atomic mass is 10.0. The highest BCUT2D eigenvalue weighted by atomic mass is 16.5. The molecule has 0 bridgehead atoms. The molecule has 0 aliphatic carbocycles. The maximum absolute atomic E-state index is 13.0. The minimum absolute atomic E-state index is 0.0191. The van der Waals surface area contributed by atoms with Crippen molar-refractivity contribution in [3.8, 4) is 5.75 Å². The first-order chi connectivity index (χ1) is 15.6. The predicted molar refractivity (Wildman–Crippen MR) is 114 cm³/mol. The third-order valence-corrected chi connectivity index (χ3v) is 5.43. The standard InChI is InChI=1S/C22H26N4O7/c1-12(2)20(30)25(3)10-9-23-17(28)11-33-15-6-4-5-13-18(15)22(32)26(21(13)31)14-7-8-16(27)24-19(14)29/h4-6,12,14H,7-11H2,1-3H3,(H,23,28)(H,24,27,29).